The van der Waals surface area contributed by atoms with Gasteiger partial charge in [-0.3, -0.25) is 0 Å². The molecule has 1 aromatic rings. The first-order valence-electron chi connectivity index (χ1n) is 5.57. The van der Waals surface area contributed by atoms with E-state index in [0.29, 0.717) is 18.3 Å². The van der Waals surface area contributed by atoms with Crippen LogP contribution in [0.25, 0.3) is 0 Å². The third kappa shape index (κ3) is 4.02. The van der Waals surface area contributed by atoms with E-state index in [1.807, 2.05) is 13.0 Å². The highest BCUT2D eigenvalue weighted by Crippen LogP contribution is 2.10. The van der Waals surface area contributed by atoms with Crippen LogP contribution in [0.3, 0.4) is 0 Å². The molecule has 3 N–H and O–H groups in total. The average Bonchev–Trinajstić information content (AvgIpc) is 2.26. The predicted octanol–water partition coefficient (Wildman–Crippen LogP) is 1.53. The van der Waals surface area contributed by atoms with Crippen molar-refractivity contribution in [2.75, 3.05) is 24.3 Å². The van der Waals surface area contributed by atoms with Gasteiger partial charge in [-0.05, 0) is 25.0 Å². The van der Waals surface area contributed by atoms with Crippen LogP contribution < -0.4 is 11.1 Å². The molecule has 0 aromatic carbocycles. The number of nitrogens with one attached hydrogen (secondary N) is 1. The van der Waals surface area contributed by atoms with Gasteiger partial charge in [-0.15, -0.1) is 10.2 Å². The van der Waals surface area contributed by atoms with E-state index in [2.05, 4.69) is 29.4 Å². The summed E-state index contributed by atoms with van der Waals surface area (Å²) in [6, 6.07) is 3.79. The fraction of sp³-hybridized carbons (Fsp3) is 0.636. The van der Waals surface area contributed by atoms with E-state index in [4.69, 9.17) is 10.5 Å². The number of nitrogen functional groups attached to an aromatic ring is 1. The largest absolute Gasteiger partial charge is 0.382 e. The number of anilines is 2. The van der Waals surface area contributed by atoms with E-state index in [1.54, 1.807) is 6.07 Å². The van der Waals surface area contributed by atoms with Crippen LogP contribution in [-0.2, 0) is 4.74 Å². The number of rotatable bonds is 6. The third-order valence-electron chi connectivity index (χ3n) is 2.32. The molecule has 5 nitrogen and oxygen atoms in total. The zero-order chi connectivity index (χ0) is 12.0. The molecular formula is C11H20N4O. The molecule has 0 fully saturated rings. The van der Waals surface area contributed by atoms with Gasteiger partial charge in [-0.1, -0.05) is 13.8 Å². The van der Waals surface area contributed by atoms with Crippen LogP contribution in [0.2, 0.25) is 0 Å². The Morgan fingerprint density at radius 1 is 1.38 bits per heavy atom. The highest BCUT2D eigenvalue weighted by Gasteiger charge is 2.13. The van der Waals surface area contributed by atoms with Gasteiger partial charge in [0.05, 0.1) is 12.6 Å². The number of hydrogen-bond acceptors (Lipinski definition) is 5. The van der Waals surface area contributed by atoms with Crippen molar-refractivity contribution in [3.05, 3.63) is 12.1 Å². The molecule has 0 spiro atoms. The molecule has 0 radical (unpaired) electrons. The zero-order valence-corrected chi connectivity index (χ0v) is 10.1. The Bertz CT molecular complexity index is 299. The zero-order valence-electron chi connectivity index (χ0n) is 10.1. The average molecular weight is 224 g/mol. The Labute approximate surface area is 96.4 Å². The maximum absolute atomic E-state index is 5.47. The molecule has 0 saturated heterocycles. The van der Waals surface area contributed by atoms with Gasteiger partial charge in [-0.2, -0.15) is 0 Å². The molecule has 0 aliphatic carbocycles. The maximum atomic E-state index is 5.47. The summed E-state index contributed by atoms with van der Waals surface area (Å²) in [5.74, 6) is 1.62. The number of nitrogens with two attached hydrogens (primary N) is 1. The summed E-state index contributed by atoms with van der Waals surface area (Å²) in [5, 5.41) is 11.0. The summed E-state index contributed by atoms with van der Waals surface area (Å²) < 4.78 is 5.42. The second-order valence-electron chi connectivity index (χ2n) is 4.00. The SMILES string of the molecule is CCOCC(Nc1ccc(N)nn1)C(C)C. The van der Waals surface area contributed by atoms with Crippen molar-refractivity contribution in [2.45, 2.75) is 26.8 Å². The van der Waals surface area contributed by atoms with Crippen LogP contribution in [0.5, 0.6) is 0 Å². The summed E-state index contributed by atoms with van der Waals surface area (Å²) >= 11 is 0. The van der Waals surface area contributed by atoms with E-state index in [0.717, 1.165) is 12.4 Å². The lowest BCUT2D eigenvalue weighted by atomic mass is 10.1. The molecule has 0 bridgehead atoms. The van der Waals surface area contributed by atoms with Gasteiger partial charge in [0.25, 0.3) is 0 Å². The molecule has 1 unspecified atom stereocenters. The van der Waals surface area contributed by atoms with Gasteiger partial charge in [0.2, 0.25) is 0 Å². The molecule has 1 heterocycles. The number of hydrogen-bond donors (Lipinski definition) is 2. The molecule has 1 atom stereocenters. The minimum Gasteiger partial charge on any atom is -0.382 e. The summed E-state index contributed by atoms with van der Waals surface area (Å²) in [5.41, 5.74) is 5.47. The van der Waals surface area contributed by atoms with Crippen LogP contribution >= 0.6 is 0 Å². The van der Waals surface area contributed by atoms with Gasteiger partial charge < -0.3 is 15.8 Å². The molecule has 1 aromatic heterocycles. The topological polar surface area (TPSA) is 73.1 Å². The van der Waals surface area contributed by atoms with Gasteiger partial charge in [-0.25, -0.2) is 0 Å². The fourth-order valence-corrected chi connectivity index (χ4v) is 1.26. The van der Waals surface area contributed by atoms with Gasteiger partial charge >= 0.3 is 0 Å². The predicted molar refractivity (Wildman–Crippen MR) is 65.2 cm³/mol. The van der Waals surface area contributed by atoms with Crippen molar-refractivity contribution in [1.82, 2.24) is 10.2 Å². The van der Waals surface area contributed by atoms with Crippen molar-refractivity contribution in [2.24, 2.45) is 5.92 Å². The quantitative estimate of drug-likeness (QED) is 0.766. The Hall–Kier alpha value is -1.36. The fourth-order valence-electron chi connectivity index (χ4n) is 1.26. The summed E-state index contributed by atoms with van der Waals surface area (Å²) in [7, 11) is 0. The highest BCUT2D eigenvalue weighted by molar-refractivity contribution is 5.39. The second-order valence-corrected chi connectivity index (χ2v) is 4.00. The van der Waals surface area contributed by atoms with Crippen molar-refractivity contribution in [1.29, 1.82) is 0 Å². The molecule has 16 heavy (non-hydrogen) atoms. The number of nitrogens with zero attached hydrogens (tertiary/aromatic N) is 2. The number of aromatic nitrogens is 2. The summed E-state index contributed by atoms with van der Waals surface area (Å²) in [4.78, 5) is 0. The summed E-state index contributed by atoms with van der Waals surface area (Å²) in [6.07, 6.45) is 0. The van der Waals surface area contributed by atoms with Gasteiger partial charge in [0, 0.05) is 6.61 Å². The van der Waals surface area contributed by atoms with Crippen LogP contribution in [0.1, 0.15) is 20.8 Å². The Morgan fingerprint density at radius 3 is 2.62 bits per heavy atom. The smallest absolute Gasteiger partial charge is 0.149 e. The lowest BCUT2D eigenvalue weighted by Gasteiger charge is -2.22. The molecule has 90 valence electrons. The Kier molecular flexibility index (Phi) is 4.98. The standard InChI is InChI=1S/C11H20N4O/c1-4-16-7-9(8(2)3)13-11-6-5-10(12)14-15-11/h5-6,8-9H,4,7H2,1-3H3,(H2,12,14)(H,13,15). The van der Waals surface area contributed by atoms with E-state index < -0.39 is 0 Å². The molecule has 0 saturated carbocycles. The van der Waals surface area contributed by atoms with E-state index in [1.165, 1.54) is 0 Å². The van der Waals surface area contributed by atoms with Crippen molar-refractivity contribution < 1.29 is 4.74 Å². The first-order valence-corrected chi connectivity index (χ1v) is 5.57. The monoisotopic (exact) mass is 224 g/mol. The van der Waals surface area contributed by atoms with E-state index >= 15 is 0 Å². The molecule has 1 rings (SSSR count). The van der Waals surface area contributed by atoms with Crippen molar-refractivity contribution in [3.8, 4) is 0 Å². The van der Waals surface area contributed by atoms with Crippen molar-refractivity contribution in [3.63, 3.8) is 0 Å². The Balaban J connectivity index is 2.57. The van der Waals surface area contributed by atoms with Gasteiger partial charge in [0.15, 0.2) is 0 Å². The lowest BCUT2D eigenvalue weighted by molar-refractivity contribution is 0.126. The van der Waals surface area contributed by atoms with Crippen LogP contribution in [0, 0.1) is 5.92 Å². The highest BCUT2D eigenvalue weighted by atomic mass is 16.5. The molecule has 0 amide bonds. The van der Waals surface area contributed by atoms with Crippen LogP contribution in [0.15, 0.2) is 12.1 Å². The first kappa shape index (κ1) is 12.7. The maximum Gasteiger partial charge on any atom is 0.149 e. The molecular weight excluding hydrogens is 204 g/mol. The van der Waals surface area contributed by atoms with Gasteiger partial charge in [0.1, 0.15) is 11.6 Å². The minimum atomic E-state index is 0.234. The lowest BCUT2D eigenvalue weighted by Crippen LogP contribution is -2.31. The molecule has 0 aliphatic rings. The minimum absolute atomic E-state index is 0.234. The van der Waals surface area contributed by atoms with Crippen LogP contribution in [-0.4, -0.2) is 29.5 Å². The third-order valence-corrected chi connectivity index (χ3v) is 2.32. The van der Waals surface area contributed by atoms with Crippen LogP contribution in [0.4, 0.5) is 11.6 Å². The summed E-state index contributed by atoms with van der Waals surface area (Å²) in [6.45, 7) is 7.65. The first-order chi connectivity index (χ1) is 7.63. The van der Waals surface area contributed by atoms with E-state index in [9.17, 15) is 0 Å². The molecule has 0 aliphatic heterocycles. The molecule has 5 heteroatoms. The normalized spacial score (nSPS) is 12.8. The second kappa shape index (κ2) is 6.27. The van der Waals surface area contributed by atoms with Crippen molar-refractivity contribution >= 4 is 11.6 Å². The Morgan fingerprint density at radius 2 is 2.12 bits per heavy atom. The number of ether oxygens (including phenoxy) is 1. The van der Waals surface area contributed by atoms with E-state index in [-0.39, 0.29) is 6.04 Å².